The molecule has 0 bridgehead atoms. The minimum absolute atomic E-state index is 0.187. The van der Waals surface area contributed by atoms with E-state index in [4.69, 9.17) is 5.26 Å². The lowest BCUT2D eigenvalue weighted by Gasteiger charge is -2.17. The average Bonchev–Trinajstić information content (AvgIpc) is 3.25. The van der Waals surface area contributed by atoms with Gasteiger partial charge in [0.25, 0.3) is 5.56 Å². The third-order valence-corrected chi connectivity index (χ3v) is 5.56. The van der Waals surface area contributed by atoms with Crippen molar-refractivity contribution in [2.75, 3.05) is 18.0 Å². The van der Waals surface area contributed by atoms with Crippen LogP contribution in [0.15, 0.2) is 29.1 Å². The fourth-order valence-corrected chi connectivity index (χ4v) is 4.25. The van der Waals surface area contributed by atoms with Crippen LogP contribution < -0.4 is 19.7 Å². The number of aliphatic carboxylic acids is 1. The average molecular weight is 369 g/mol. The number of aromatic nitrogens is 1. The first-order valence-corrected chi connectivity index (χ1v) is 9.31. The van der Waals surface area contributed by atoms with Crippen LogP contribution >= 0.6 is 11.3 Å². The van der Waals surface area contributed by atoms with Crippen molar-refractivity contribution < 1.29 is 9.90 Å². The Kier molecular flexibility index (Phi) is 5.24. The monoisotopic (exact) mass is 369 g/mol. The summed E-state index contributed by atoms with van der Waals surface area (Å²) >= 11 is 1.04. The normalized spacial score (nSPS) is 15.8. The molecular formula is C19H19N3O3S. The summed E-state index contributed by atoms with van der Waals surface area (Å²) in [6.45, 7) is 4.20. The summed E-state index contributed by atoms with van der Waals surface area (Å²) < 4.78 is 1.94. The van der Waals surface area contributed by atoms with E-state index in [0.29, 0.717) is 11.1 Å². The molecule has 0 amide bonds. The van der Waals surface area contributed by atoms with Crippen LogP contribution in [0.4, 0.5) is 5.69 Å². The standard InChI is InChI=1S/C19H19N3O3S/c1-2-22-17(23)16(26-18(22)15(12-20)19(24)25)11-13-5-7-14(8-6-13)21-9-3-4-10-21/h5-8,11H,2-4,9-10H2,1H3,(H,24,25). The minimum atomic E-state index is -1.32. The first kappa shape index (κ1) is 18.0. The van der Waals surface area contributed by atoms with Crippen molar-refractivity contribution in [3.05, 3.63) is 49.4 Å². The maximum atomic E-state index is 12.6. The van der Waals surface area contributed by atoms with E-state index < -0.39 is 11.5 Å². The van der Waals surface area contributed by atoms with E-state index in [1.807, 2.05) is 24.3 Å². The molecule has 0 saturated carbocycles. The molecule has 7 heteroatoms. The molecule has 1 aliphatic rings. The van der Waals surface area contributed by atoms with Gasteiger partial charge in [-0.05, 0) is 43.5 Å². The van der Waals surface area contributed by atoms with Gasteiger partial charge < -0.3 is 10.0 Å². The number of carboxylic acid groups (broad SMARTS) is 1. The van der Waals surface area contributed by atoms with Gasteiger partial charge in [0.05, 0.1) is 4.53 Å². The molecule has 1 aromatic carbocycles. The van der Waals surface area contributed by atoms with Crippen molar-refractivity contribution >= 4 is 34.6 Å². The van der Waals surface area contributed by atoms with Gasteiger partial charge in [0, 0.05) is 25.3 Å². The van der Waals surface area contributed by atoms with Crippen LogP contribution in [0.1, 0.15) is 25.3 Å². The number of nitrogens with zero attached hydrogens (tertiary/aromatic N) is 3. The molecule has 1 aromatic heterocycles. The number of nitriles is 1. The number of benzene rings is 1. The highest BCUT2D eigenvalue weighted by Crippen LogP contribution is 2.20. The number of hydrogen-bond acceptors (Lipinski definition) is 5. The quantitative estimate of drug-likeness (QED) is 0.873. The smallest absolute Gasteiger partial charge is 0.349 e. The zero-order valence-electron chi connectivity index (χ0n) is 14.4. The molecule has 1 N–H and O–H groups in total. The van der Waals surface area contributed by atoms with Gasteiger partial charge in [0.1, 0.15) is 10.7 Å². The lowest BCUT2D eigenvalue weighted by atomic mass is 10.2. The van der Waals surface area contributed by atoms with Crippen LogP contribution in [0.2, 0.25) is 0 Å². The molecule has 26 heavy (non-hydrogen) atoms. The van der Waals surface area contributed by atoms with Gasteiger partial charge in [0.2, 0.25) is 0 Å². The van der Waals surface area contributed by atoms with E-state index in [2.05, 4.69) is 4.90 Å². The Labute approximate surface area is 154 Å². The first-order valence-electron chi connectivity index (χ1n) is 8.49. The molecule has 1 saturated heterocycles. The number of thiazole rings is 1. The summed E-state index contributed by atoms with van der Waals surface area (Å²) in [6.07, 6.45) is 4.17. The fraction of sp³-hybridized carbons (Fsp3) is 0.316. The van der Waals surface area contributed by atoms with Gasteiger partial charge in [-0.15, -0.1) is 11.3 Å². The number of hydrogen-bond donors (Lipinski definition) is 1. The Bertz CT molecular complexity index is 1040. The SMILES string of the molecule is CCn1c(=C(C#N)C(=O)O)sc(=Cc2ccc(N3CCCC3)cc2)c1=O. The van der Waals surface area contributed by atoms with Crippen LogP contribution in [0.25, 0.3) is 11.6 Å². The predicted octanol–water partition coefficient (Wildman–Crippen LogP) is 1.12. The molecule has 0 radical (unpaired) electrons. The van der Waals surface area contributed by atoms with Crippen LogP contribution in [-0.2, 0) is 11.3 Å². The Morgan fingerprint density at radius 2 is 1.96 bits per heavy atom. The summed E-state index contributed by atoms with van der Waals surface area (Å²) in [6, 6.07) is 9.66. The molecule has 6 nitrogen and oxygen atoms in total. The highest BCUT2D eigenvalue weighted by Gasteiger charge is 2.14. The van der Waals surface area contributed by atoms with Crippen molar-refractivity contribution in [2.24, 2.45) is 0 Å². The maximum Gasteiger partial charge on any atom is 0.349 e. The topological polar surface area (TPSA) is 86.3 Å². The van der Waals surface area contributed by atoms with Crippen molar-refractivity contribution in [2.45, 2.75) is 26.3 Å². The third-order valence-electron chi connectivity index (χ3n) is 4.43. The number of carbonyl (C=O) groups is 1. The second-order valence-corrected chi connectivity index (χ2v) is 7.07. The Balaban J connectivity index is 2.07. The van der Waals surface area contributed by atoms with E-state index in [9.17, 15) is 14.7 Å². The maximum absolute atomic E-state index is 12.6. The molecule has 2 heterocycles. The highest BCUT2D eigenvalue weighted by atomic mass is 32.1. The van der Waals surface area contributed by atoms with Crippen LogP contribution in [0, 0.1) is 11.3 Å². The zero-order chi connectivity index (χ0) is 18.7. The van der Waals surface area contributed by atoms with Crippen LogP contribution in [0.5, 0.6) is 0 Å². The molecule has 3 rings (SSSR count). The first-order chi connectivity index (χ1) is 12.5. The number of rotatable bonds is 4. The van der Waals surface area contributed by atoms with E-state index in [-0.39, 0.29) is 10.2 Å². The van der Waals surface area contributed by atoms with Crippen molar-refractivity contribution in [1.82, 2.24) is 4.57 Å². The molecule has 0 aliphatic carbocycles. The van der Waals surface area contributed by atoms with E-state index in [1.54, 1.807) is 19.1 Å². The lowest BCUT2D eigenvalue weighted by Crippen LogP contribution is -2.32. The fourth-order valence-electron chi connectivity index (χ4n) is 3.09. The molecular weight excluding hydrogens is 350 g/mol. The minimum Gasteiger partial charge on any atom is -0.477 e. The Hall–Kier alpha value is -2.85. The molecule has 0 spiro atoms. The van der Waals surface area contributed by atoms with Gasteiger partial charge in [-0.25, -0.2) is 4.79 Å². The Morgan fingerprint density at radius 1 is 1.31 bits per heavy atom. The molecule has 0 atom stereocenters. The number of anilines is 1. The van der Waals surface area contributed by atoms with E-state index >= 15 is 0 Å². The largest absolute Gasteiger partial charge is 0.477 e. The van der Waals surface area contributed by atoms with Crippen LogP contribution in [0.3, 0.4) is 0 Å². The van der Waals surface area contributed by atoms with Gasteiger partial charge in [-0.3, -0.25) is 9.36 Å². The van der Waals surface area contributed by atoms with Gasteiger partial charge in [-0.1, -0.05) is 12.1 Å². The van der Waals surface area contributed by atoms with Gasteiger partial charge in [-0.2, -0.15) is 5.26 Å². The lowest BCUT2D eigenvalue weighted by molar-refractivity contribution is -0.130. The van der Waals surface area contributed by atoms with Gasteiger partial charge >= 0.3 is 5.97 Å². The second kappa shape index (κ2) is 7.58. The molecule has 2 aromatic rings. The molecule has 0 unspecified atom stereocenters. The highest BCUT2D eigenvalue weighted by molar-refractivity contribution is 7.07. The summed E-state index contributed by atoms with van der Waals surface area (Å²) in [7, 11) is 0. The summed E-state index contributed by atoms with van der Waals surface area (Å²) in [5.74, 6) is -1.32. The van der Waals surface area contributed by atoms with Crippen LogP contribution in [-0.4, -0.2) is 28.7 Å². The molecule has 1 fully saturated rings. The van der Waals surface area contributed by atoms with E-state index in [0.717, 1.165) is 30.0 Å². The molecule has 134 valence electrons. The second-order valence-electron chi connectivity index (χ2n) is 6.04. The summed E-state index contributed by atoms with van der Waals surface area (Å²) in [5.41, 5.74) is 1.36. The van der Waals surface area contributed by atoms with Gasteiger partial charge in [0.15, 0.2) is 5.57 Å². The number of carboxylic acids is 1. The van der Waals surface area contributed by atoms with Crippen molar-refractivity contribution in [3.63, 3.8) is 0 Å². The summed E-state index contributed by atoms with van der Waals surface area (Å²) in [5, 5.41) is 18.3. The zero-order valence-corrected chi connectivity index (χ0v) is 15.3. The van der Waals surface area contributed by atoms with Crippen molar-refractivity contribution in [1.29, 1.82) is 5.26 Å². The van der Waals surface area contributed by atoms with E-state index in [1.165, 1.54) is 23.1 Å². The molecule has 1 aliphatic heterocycles. The summed E-state index contributed by atoms with van der Waals surface area (Å²) in [4.78, 5) is 26.2. The van der Waals surface area contributed by atoms with Crippen molar-refractivity contribution in [3.8, 4) is 6.07 Å². The third kappa shape index (κ3) is 3.41. The predicted molar refractivity (Wildman–Crippen MR) is 102 cm³/mol. The Morgan fingerprint density at radius 3 is 2.50 bits per heavy atom.